The van der Waals surface area contributed by atoms with Gasteiger partial charge in [-0.2, -0.15) is 0 Å². The molecule has 1 aliphatic heterocycles. The highest BCUT2D eigenvalue weighted by Gasteiger charge is 2.29. The van der Waals surface area contributed by atoms with Crippen molar-refractivity contribution in [2.24, 2.45) is 0 Å². The second-order valence-corrected chi connectivity index (χ2v) is 6.20. The van der Waals surface area contributed by atoms with Crippen LogP contribution in [-0.4, -0.2) is 42.3 Å². The topological polar surface area (TPSA) is 45.6 Å². The fourth-order valence-corrected chi connectivity index (χ4v) is 2.79. The van der Waals surface area contributed by atoms with Gasteiger partial charge in [0.25, 0.3) is 0 Å². The van der Waals surface area contributed by atoms with E-state index in [1.807, 2.05) is 0 Å². The van der Waals surface area contributed by atoms with Crippen molar-refractivity contribution in [2.75, 3.05) is 31.2 Å². The summed E-state index contributed by atoms with van der Waals surface area (Å²) >= 11 is 0. The summed E-state index contributed by atoms with van der Waals surface area (Å²) in [5.74, 6) is -2.95. The van der Waals surface area contributed by atoms with Crippen LogP contribution in [0.15, 0.2) is 36.5 Å². The van der Waals surface area contributed by atoms with E-state index in [2.05, 4.69) is 16.3 Å². The molecule has 0 bridgehead atoms. The molecule has 0 saturated carbocycles. The first kappa shape index (κ1) is 18.5. The Morgan fingerprint density at radius 2 is 1.92 bits per heavy atom. The van der Waals surface area contributed by atoms with Gasteiger partial charge >= 0.3 is 5.92 Å². The summed E-state index contributed by atoms with van der Waals surface area (Å²) in [6.45, 7) is -0.556. The molecule has 4 nitrogen and oxygen atoms in total. The normalized spacial score (nSPS) is 15.2. The molecule has 0 aliphatic carbocycles. The van der Waals surface area contributed by atoms with Gasteiger partial charge in [-0.05, 0) is 55.2 Å². The summed E-state index contributed by atoms with van der Waals surface area (Å²) in [7, 11) is 0. The van der Waals surface area contributed by atoms with E-state index in [1.165, 1.54) is 18.2 Å². The van der Waals surface area contributed by atoms with Gasteiger partial charge in [0.1, 0.15) is 24.0 Å². The van der Waals surface area contributed by atoms with Crippen molar-refractivity contribution < 1.29 is 23.0 Å². The van der Waals surface area contributed by atoms with E-state index in [4.69, 9.17) is 9.84 Å². The third-order valence-electron chi connectivity index (χ3n) is 4.21. The van der Waals surface area contributed by atoms with Crippen LogP contribution in [-0.2, 0) is 0 Å². The molecule has 1 fully saturated rings. The second-order valence-electron chi connectivity index (χ2n) is 6.20. The number of hydrogen-bond acceptors (Lipinski definition) is 4. The lowest BCUT2D eigenvalue weighted by Crippen LogP contribution is -2.30. The van der Waals surface area contributed by atoms with E-state index in [9.17, 15) is 13.2 Å². The summed E-state index contributed by atoms with van der Waals surface area (Å²) in [4.78, 5) is 6.48. The molecular weight excluding hydrogens is 345 g/mol. The van der Waals surface area contributed by atoms with Gasteiger partial charge in [0.05, 0.1) is 0 Å². The van der Waals surface area contributed by atoms with Crippen LogP contribution in [0.5, 0.6) is 5.75 Å². The van der Waals surface area contributed by atoms with Gasteiger partial charge in [0.15, 0.2) is 6.61 Å². The zero-order chi connectivity index (χ0) is 18.6. The van der Waals surface area contributed by atoms with E-state index in [0.717, 1.165) is 31.7 Å². The molecule has 1 aromatic heterocycles. The molecule has 2 aromatic rings. The molecule has 1 saturated heterocycles. The average molecular weight is 365 g/mol. The molecule has 0 atom stereocenters. The number of ether oxygens (including phenoxy) is 1. The molecule has 2 heterocycles. The Kier molecular flexibility index (Phi) is 5.66. The van der Waals surface area contributed by atoms with Crippen LogP contribution in [0.3, 0.4) is 0 Å². The number of rotatable bonds is 6. The van der Waals surface area contributed by atoms with Gasteiger partial charge < -0.3 is 14.7 Å². The quantitative estimate of drug-likeness (QED) is 0.848. The fraction of sp³-hybridized carbons (Fsp3) is 0.368. The molecule has 1 aromatic carbocycles. The van der Waals surface area contributed by atoms with Crippen LogP contribution in [0, 0.1) is 12.2 Å². The lowest BCUT2D eigenvalue weighted by molar-refractivity contribution is -0.0801. The summed E-state index contributed by atoms with van der Waals surface area (Å²) in [5.41, 5.74) is 0.850. The molecular formula is C19H20F3N2O2. The third kappa shape index (κ3) is 4.46. The van der Waals surface area contributed by atoms with Crippen molar-refractivity contribution in [1.82, 2.24) is 4.98 Å². The van der Waals surface area contributed by atoms with Gasteiger partial charge in [-0.25, -0.2) is 18.2 Å². The number of halogens is 3. The van der Waals surface area contributed by atoms with Gasteiger partial charge in [-0.1, -0.05) is 0 Å². The van der Waals surface area contributed by atoms with Crippen LogP contribution in [0.2, 0.25) is 0 Å². The van der Waals surface area contributed by atoms with E-state index < -0.39 is 25.0 Å². The Morgan fingerprint density at radius 1 is 1.15 bits per heavy atom. The predicted molar refractivity (Wildman–Crippen MR) is 92.9 cm³/mol. The van der Waals surface area contributed by atoms with Crippen molar-refractivity contribution in [2.45, 2.75) is 18.8 Å². The van der Waals surface area contributed by atoms with Gasteiger partial charge in [0.2, 0.25) is 0 Å². The minimum atomic E-state index is -3.34. The average Bonchev–Trinajstić information content (AvgIpc) is 2.68. The Morgan fingerprint density at radius 3 is 2.65 bits per heavy atom. The maximum absolute atomic E-state index is 14.3. The smallest absolute Gasteiger partial charge is 0.303 e. The minimum absolute atomic E-state index is 0.112. The highest BCUT2D eigenvalue weighted by molar-refractivity contribution is 5.68. The lowest BCUT2D eigenvalue weighted by Gasteiger charge is -2.27. The molecule has 1 aliphatic rings. The van der Waals surface area contributed by atoms with Crippen molar-refractivity contribution >= 4 is 5.82 Å². The zero-order valence-electron chi connectivity index (χ0n) is 14.2. The summed E-state index contributed by atoms with van der Waals surface area (Å²) in [5, 5.41) is 8.60. The summed E-state index contributed by atoms with van der Waals surface area (Å²) in [6.07, 6.45) is 5.78. The van der Waals surface area contributed by atoms with E-state index >= 15 is 0 Å². The first-order valence-electron chi connectivity index (χ1n) is 8.42. The van der Waals surface area contributed by atoms with Crippen LogP contribution >= 0.6 is 0 Å². The molecule has 1 radical (unpaired) electrons. The van der Waals surface area contributed by atoms with Crippen LogP contribution in [0.4, 0.5) is 19.0 Å². The Hall–Kier alpha value is -2.28. The highest BCUT2D eigenvalue weighted by Crippen LogP contribution is 2.30. The second kappa shape index (κ2) is 7.95. The molecule has 26 heavy (non-hydrogen) atoms. The number of aliphatic hydroxyl groups excluding tert-OH is 1. The molecule has 3 rings (SSSR count). The Bertz CT molecular complexity index is 749. The SMILES string of the molecule is OCC(F)(F)COc1ccc(F)c(-c2ccnc(N3CC[CH]CC3)c2)c1. The number of hydrogen-bond donors (Lipinski definition) is 1. The zero-order valence-corrected chi connectivity index (χ0v) is 14.2. The predicted octanol–water partition coefficient (Wildman–Crippen LogP) is 3.70. The van der Waals surface area contributed by atoms with E-state index in [0.29, 0.717) is 5.56 Å². The minimum Gasteiger partial charge on any atom is -0.487 e. The first-order valence-corrected chi connectivity index (χ1v) is 8.42. The first-order chi connectivity index (χ1) is 12.5. The summed E-state index contributed by atoms with van der Waals surface area (Å²) in [6, 6.07) is 7.30. The maximum atomic E-state index is 14.3. The Balaban J connectivity index is 1.83. The van der Waals surface area contributed by atoms with Gasteiger partial charge in [0, 0.05) is 24.8 Å². The molecule has 1 N–H and O–H groups in total. The Labute approximate surface area is 150 Å². The van der Waals surface area contributed by atoms with Crippen molar-refractivity contribution in [3.63, 3.8) is 0 Å². The third-order valence-corrected chi connectivity index (χ3v) is 4.21. The van der Waals surface area contributed by atoms with Gasteiger partial charge in [-0.3, -0.25) is 0 Å². The molecule has 0 amide bonds. The lowest BCUT2D eigenvalue weighted by atomic mass is 10.1. The van der Waals surface area contributed by atoms with E-state index in [-0.39, 0.29) is 11.3 Å². The number of nitrogens with zero attached hydrogens (tertiary/aromatic N) is 2. The van der Waals surface area contributed by atoms with Crippen molar-refractivity contribution in [1.29, 1.82) is 0 Å². The van der Waals surface area contributed by atoms with E-state index in [1.54, 1.807) is 18.3 Å². The number of alkyl halides is 2. The number of benzene rings is 1. The molecule has 7 heteroatoms. The van der Waals surface area contributed by atoms with Crippen molar-refractivity contribution in [3.05, 3.63) is 48.8 Å². The fourth-order valence-electron chi connectivity index (χ4n) is 2.79. The molecule has 139 valence electrons. The molecule has 0 spiro atoms. The number of anilines is 1. The standard InChI is InChI=1S/C19H20F3N2O2/c20-17-5-4-15(26-13-19(21,22)12-25)11-16(17)14-6-7-23-18(10-14)24-8-2-1-3-9-24/h1,4-7,10-11,25H,2-3,8-9,12-13H2. The number of piperidine rings is 1. The van der Waals surface area contributed by atoms with Crippen LogP contribution < -0.4 is 9.64 Å². The monoisotopic (exact) mass is 365 g/mol. The number of aromatic nitrogens is 1. The highest BCUT2D eigenvalue weighted by atomic mass is 19.3. The maximum Gasteiger partial charge on any atom is 0.303 e. The van der Waals surface area contributed by atoms with Gasteiger partial charge in [-0.15, -0.1) is 0 Å². The van der Waals surface area contributed by atoms with Crippen LogP contribution in [0.25, 0.3) is 11.1 Å². The van der Waals surface area contributed by atoms with Crippen LogP contribution in [0.1, 0.15) is 12.8 Å². The van der Waals surface area contributed by atoms with Crippen molar-refractivity contribution in [3.8, 4) is 16.9 Å². The number of pyridine rings is 1. The molecule has 0 unspecified atom stereocenters. The number of aliphatic hydroxyl groups is 1. The largest absolute Gasteiger partial charge is 0.487 e. The summed E-state index contributed by atoms with van der Waals surface area (Å²) < 4.78 is 45.6.